The molecule has 4 nitrogen and oxygen atoms in total. The molecule has 0 unspecified atom stereocenters. The van der Waals surface area contributed by atoms with Crippen LogP contribution in [0.3, 0.4) is 0 Å². The van der Waals surface area contributed by atoms with Crippen molar-refractivity contribution in [2.24, 2.45) is 0 Å². The lowest BCUT2D eigenvalue weighted by Crippen LogP contribution is -2.25. The number of carbonyl (C=O) groups is 1. The van der Waals surface area contributed by atoms with Crippen molar-refractivity contribution >= 4 is 23.1 Å². The molecule has 0 saturated heterocycles. The number of para-hydroxylation sites is 2. The largest absolute Gasteiger partial charge is 0.327 e. The van der Waals surface area contributed by atoms with Gasteiger partial charge in [-0.25, -0.2) is 4.98 Å². The maximum atomic E-state index is 12.4. The number of nitrogens with zero attached hydrogens (tertiary/aromatic N) is 3. The Morgan fingerprint density at radius 3 is 2.33 bits per heavy atom. The van der Waals surface area contributed by atoms with Crippen molar-refractivity contribution in [1.29, 1.82) is 0 Å². The summed E-state index contributed by atoms with van der Waals surface area (Å²) in [6.07, 6.45) is 1.70. The SMILES string of the molecule is CN1C(=O)c2cccnc2N(C)c2ccccc21. The fourth-order valence-electron chi connectivity index (χ4n) is 2.27. The summed E-state index contributed by atoms with van der Waals surface area (Å²) in [5.41, 5.74) is 2.49. The fourth-order valence-corrected chi connectivity index (χ4v) is 2.27. The molecule has 0 spiro atoms. The molecule has 18 heavy (non-hydrogen) atoms. The lowest BCUT2D eigenvalue weighted by Gasteiger charge is -2.20. The van der Waals surface area contributed by atoms with Crippen molar-refractivity contribution in [2.75, 3.05) is 23.9 Å². The Hall–Kier alpha value is -2.36. The van der Waals surface area contributed by atoms with Gasteiger partial charge in [-0.05, 0) is 24.3 Å². The van der Waals surface area contributed by atoms with Crippen LogP contribution in [0.1, 0.15) is 10.4 Å². The quantitative estimate of drug-likeness (QED) is 0.708. The van der Waals surface area contributed by atoms with E-state index in [1.165, 1.54) is 0 Å². The van der Waals surface area contributed by atoms with Crippen molar-refractivity contribution in [3.63, 3.8) is 0 Å². The normalized spacial score (nSPS) is 14.0. The average molecular weight is 239 g/mol. The van der Waals surface area contributed by atoms with Gasteiger partial charge in [0.2, 0.25) is 0 Å². The summed E-state index contributed by atoms with van der Waals surface area (Å²) in [7, 11) is 3.72. The van der Waals surface area contributed by atoms with Crippen LogP contribution >= 0.6 is 0 Å². The third-order valence-electron chi connectivity index (χ3n) is 3.24. The van der Waals surface area contributed by atoms with Crippen LogP contribution in [-0.4, -0.2) is 25.0 Å². The fraction of sp³-hybridized carbons (Fsp3) is 0.143. The van der Waals surface area contributed by atoms with E-state index >= 15 is 0 Å². The second-order valence-corrected chi connectivity index (χ2v) is 4.29. The van der Waals surface area contributed by atoms with Gasteiger partial charge in [-0.1, -0.05) is 12.1 Å². The van der Waals surface area contributed by atoms with E-state index in [2.05, 4.69) is 4.98 Å². The van der Waals surface area contributed by atoms with Crippen LogP contribution in [0.2, 0.25) is 0 Å². The number of hydrogen-bond donors (Lipinski definition) is 0. The van der Waals surface area contributed by atoms with E-state index < -0.39 is 0 Å². The predicted molar refractivity (Wildman–Crippen MR) is 71.5 cm³/mol. The topological polar surface area (TPSA) is 36.4 Å². The number of carbonyl (C=O) groups excluding carboxylic acids is 1. The van der Waals surface area contributed by atoms with Crippen molar-refractivity contribution in [3.8, 4) is 0 Å². The first-order valence-corrected chi connectivity index (χ1v) is 5.76. The van der Waals surface area contributed by atoms with Gasteiger partial charge in [-0.3, -0.25) is 4.79 Å². The minimum absolute atomic E-state index is 0.0325. The lowest BCUT2D eigenvalue weighted by atomic mass is 10.2. The molecule has 1 amide bonds. The first-order chi connectivity index (χ1) is 8.70. The summed E-state index contributed by atoms with van der Waals surface area (Å²) in [5.74, 6) is 0.661. The first kappa shape index (κ1) is 10.8. The maximum Gasteiger partial charge on any atom is 0.261 e. The van der Waals surface area contributed by atoms with Crippen LogP contribution in [-0.2, 0) is 0 Å². The number of hydrogen-bond acceptors (Lipinski definition) is 3. The second kappa shape index (κ2) is 3.84. The predicted octanol–water partition coefficient (Wildman–Crippen LogP) is 2.44. The van der Waals surface area contributed by atoms with Crippen LogP contribution in [0.4, 0.5) is 17.2 Å². The van der Waals surface area contributed by atoms with Gasteiger partial charge in [0.05, 0.1) is 16.9 Å². The molecule has 90 valence electrons. The molecule has 1 aliphatic rings. The Balaban J connectivity index is 2.31. The van der Waals surface area contributed by atoms with Gasteiger partial charge in [0.25, 0.3) is 5.91 Å². The Morgan fingerprint density at radius 1 is 0.944 bits per heavy atom. The van der Waals surface area contributed by atoms with Crippen LogP contribution in [0, 0.1) is 0 Å². The monoisotopic (exact) mass is 239 g/mol. The molecule has 0 fully saturated rings. The highest BCUT2D eigenvalue weighted by atomic mass is 16.2. The van der Waals surface area contributed by atoms with Gasteiger partial charge in [0, 0.05) is 20.3 Å². The summed E-state index contributed by atoms with van der Waals surface area (Å²) < 4.78 is 0. The molecule has 0 saturated carbocycles. The van der Waals surface area contributed by atoms with E-state index in [0.717, 1.165) is 11.4 Å². The zero-order valence-corrected chi connectivity index (χ0v) is 10.3. The third kappa shape index (κ3) is 1.39. The number of aromatic nitrogens is 1. The minimum Gasteiger partial charge on any atom is -0.327 e. The number of fused-ring (bicyclic) bond motifs is 2. The number of pyridine rings is 1. The van der Waals surface area contributed by atoms with Crippen molar-refractivity contribution < 1.29 is 4.79 Å². The number of benzene rings is 1. The third-order valence-corrected chi connectivity index (χ3v) is 3.24. The van der Waals surface area contributed by atoms with Gasteiger partial charge in [0.15, 0.2) is 0 Å². The standard InChI is InChI=1S/C14H13N3O/c1-16-11-7-3-4-8-12(11)17(2)14(18)10-6-5-9-15-13(10)16/h3-9H,1-2H3. The number of amides is 1. The Labute approximate surface area is 105 Å². The zero-order chi connectivity index (χ0) is 12.7. The summed E-state index contributed by atoms with van der Waals surface area (Å²) >= 11 is 0. The lowest BCUT2D eigenvalue weighted by molar-refractivity contribution is 0.0994. The van der Waals surface area contributed by atoms with Gasteiger partial charge in [0.1, 0.15) is 5.82 Å². The molecule has 2 heterocycles. The molecule has 0 radical (unpaired) electrons. The van der Waals surface area contributed by atoms with Gasteiger partial charge in [-0.2, -0.15) is 0 Å². The zero-order valence-electron chi connectivity index (χ0n) is 10.3. The van der Waals surface area contributed by atoms with E-state index in [-0.39, 0.29) is 5.91 Å². The molecule has 4 heteroatoms. The Morgan fingerprint density at radius 2 is 1.61 bits per heavy atom. The van der Waals surface area contributed by atoms with Crippen LogP contribution < -0.4 is 9.80 Å². The highest BCUT2D eigenvalue weighted by Crippen LogP contribution is 2.37. The van der Waals surface area contributed by atoms with E-state index in [1.54, 1.807) is 24.2 Å². The van der Waals surface area contributed by atoms with Gasteiger partial charge in [-0.15, -0.1) is 0 Å². The molecule has 1 aliphatic heterocycles. The summed E-state index contributed by atoms with van der Waals surface area (Å²) in [5, 5.41) is 0. The first-order valence-electron chi connectivity index (χ1n) is 5.76. The smallest absolute Gasteiger partial charge is 0.261 e. The second-order valence-electron chi connectivity index (χ2n) is 4.29. The summed E-state index contributed by atoms with van der Waals surface area (Å²) in [6.45, 7) is 0. The van der Waals surface area contributed by atoms with Crippen LogP contribution in [0.25, 0.3) is 0 Å². The summed E-state index contributed by atoms with van der Waals surface area (Å²) in [6, 6.07) is 11.4. The van der Waals surface area contributed by atoms with Crippen molar-refractivity contribution in [1.82, 2.24) is 4.98 Å². The van der Waals surface area contributed by atoms with Crippen LogP contribution in [0.5, 0.6) is 0 Å². The maximum absolute atomic E-state index is 12.4. The highest BCUT2D eigenvalue weighted by Gasteiger charge is 2.27. The molecule has 0 atom stereocenters. The molecule has 1 aromatic carbocycles. The molecule has 0 bridgehead atoms. The minimum atomic E-state index is -0.0325. The molecular weight excluding hydrogens is 226 g/mol. The summed E-state index contributed by atoms with van der Waals surface area (Å²) in [4.78, 5) is 20.3. The highest BCUT2D eigenvalue weighted by molar-refractivity contribution is 6.12. The average Bonchev–Trinajstić information content (AvgIpc) is 2.51. The van der Waals surface area contributed by atoms with E-state index in [1.807, 2.05) is 42.3 Å². The Kier molecular flexibility index (Phi) is 2.30. The molecule has 0 N–H and O–H groups in total. The van der Waals surface area contributed by atoms with Crippen LogP contribution in [0.15, 0.2) is 42.6 Å². The molecule has 3 rings (SSSR count). The van der Waals surface area contributed by atoms with Gasteiger partial charge < -0.3 is 9.80 Å². The van der Waals surface area contributed by atoms with Crippen molar-refractivity contribution in [3.05, 3.63) is 48.2 Å². The number of rotatable bonds is 0. The molecular formula is C14H13N3O. The molecule has 0 aliphatic carbocycles. The number of anilines is 3. The Bertz CT molecular complexity index is 624. The van der Waals surface area contributed by atoms with E-state index in [9.17, 15) is 4.79 Å². The van der Waals surface area contributed by atoms with Gasteiger partial charge >= 0.3 is 0 Å². The van der Waals surface area contributed by atoms with Crippen molar-refractivity contribution in [2.45, 2.75) is 0 Å². The molecule has 1 aromatic heterocycles. The van der Waals surface area contributed by atoms with E-state index in [0.29, 0.717) is 11.4 Å². The van der Waals surface area contributed by atoms with E-state index in [4.69, 9.17) is 0 Å². The molecule has 2 aromatic rings.